The van der Waals surface area contributed by atoms with Gasteiger partial charge in [-0.15, -0.1) is 0 Å². The van der Waals surface area contributed by atoms with Gasteiger partial charge in [-0.2, -0.15) is 0 Å². The number of aryl methyl sites for hydroxylation is 1. The molecule has 0 aliphatic heterocycles. The summed E-state index contributed by atoms with van der Waals surface area (Å²) >= 11 is 6.70. The number of benzene rings is 1. The van der Waals surface area contributed by atoms with E-state index in [1.165, 1.54) is 0 Å². The first-order chi connectivity index (χ1) is 8.97. The lowest BCUT2D eigenvalue weighted by atomic mass is 9.81. The van der Waals surface area contributed by atoms with Crippen LogP contribution in [0, 0.1) is 18.3 Å². The van der Waals surface area contributed by atoms with E-state index in [4.69, 9.17) is 0 Å². The lowest BCUT2D eigenvalue weighted by Gasteiger charge is -2.29. The van der Waals surface area contributed by atoms with Gasteiger partial charge >= 0.3 is 0 Å². The lowest BCUT2D eigenvalue weighted by Crippen LogP contribution is -2.37. The topological polar surface area (TPSA) is 46.2 Å². The van der Waals surface area contributed by atoms with Crippen LogP contribution in [0.2, 0.25) is 0 Å². The largest absolute Gasteiger partial charge is 0.241 e. The van der Waals surface area contributed by atoms with E-state index < -0.39 is 10.0 Å². The third kappa shape index (κ3) is 4.29. The van der Waals surface area contributed by atoms with Crippen molar-refractivity contribution in [2.24, 2.45) is 11.3 Å². The zero-order chi connectivity index (χ0) is 15.7. The number of hydrogen-bond donors (Lipinski definition) is 1. The second kappa shape index (κ2) is 6.46. The Morgan fingerprint density at radius 2 is 1.75 bits per heavy atom. The van der Waals surface area contributed by atoms with Crippen molar-refractivity contribution in [3.63, 3.8) is 0 Å². The minimum Gasteiger partial charge on any atom is -0.211 e. The first kappa shape index (κ1) is 18.1. The van der Waals surface area contributed by atoms with Crippen molar-refractivity contribution in [2.75, 3.05) is 6.54 Å². The summed E-state index contributed by atoms with van der Waals surface area (Å²) in [5, 5.41) is 0. The van der Waals surface area contributed by atoms with Crippen LogP contribution in [0.1, 0.15) is 33.3 Å². The molecule has 1 aromatic carbocycles. The normalized spacial score (nSPS) is 13.0. The van der Waals surface area contributed by atoms with Crippen molar-refractivity contribution >= 4 is 41.9 Å². The highest BCUT2D eigenvalue weighted by molar-refractivity contribution is 9.11. The Labute approximate surface area is 138 Å². The Morgan fingerprint density at radius 3 is 2.25 bits per heavy atom. The molecule has 1 rings (SSSR count). The maximum atomic E-state index is 12.4. The molecule has 1 N–H and O–H groups in total. The Bertz CT molecular complexity index is 595. The SMILES string of the molecule is Cc1cc(Br)c(S(=O)(=O)NCC(C)(C)C(C)C)cc1Br. The zero-order valence-corrected chi connectivity index (χ0v) is 16.4. The molecule has 0 aliphatic rings. The molecule has 0 saturated heterocycles. The molecule has 0 aromatic heterocycles. The first-order valence-electron chi connectivity index (χ1n) is 6.42. The quantitative estimate of drug-likeness (QED) is 0.754. The van der Waals surface area contributed by atoms with Crippen molar-refractivity contribution < 1.29 is 8.42 Å². The van der Waals surface area contributed by atoms with Gasteiger partial charge in [-0.1, -0.05) is 43.6 Å². The van der Waals surface area contributed by atoms with Gasteiger partial charge in [-0.05, 0) is 51.9 Å². The van der Waals surface area contributed by atoms with Gasteiger partial charge in [0.25, 0.3) is 0 Å². The third-order valence-electron chi connectivity index (χ3n) is 3.78. The average molecular weight is 427 g/mol. The van der Waals surface area contributed by atoms with E-state index in [1.807, 2.05) is 6.92 Å². The van der Waals surface area contributed by atoms with Crippen LogP contribution in [0.25, 0.3) is 0 Å². The van der Waals surface area contributed by atoms with Crippen LogP contribution < -0.4 is 4.72 Å². The van der Waals surface area contributed by atoms with Crippen LogP contribution in [0.5, 0.6) is 0 Å². The van der Waals surface area contributed by atoms with Gasteiger partial charge < -0.3 is 0 Å². The van der Waals surface area contributed by atoms with Crippen LogP contribution in [-0.2, 0) is 10.0 Å². The van der Waals surface area contributed by atoms with Gasteiger partial charge in [0, 0.05) is 15.5 Å². The highest BCUT2D eigenvalue weighted by Crippen LogP contribution is 2.30. The van der Waals surface area contributed by atoms with Crippen molar-refractivity contribution in [3.05, 3.63) is 26.6 Å². The van der Waals surface area contributed by atoms with Crippen LogP contribution in [0.4, 0.5) is 0 Å². The molecule has 0 fully saturated rings. The fraction of sp³-hybridized carbons (Fsp3) is 0.571. The summed E-state index contributed by atoms with van der Waals surface area (Å²) < 4.78 is 28.9. The summed E-state index contributed by atoms with van der Waals surface area (Å²) in [5.41, 5.74) is 0.889. The molecule has 0 aliphatic carbocycles. The number of sulfonamides is 1. The summed E-state index contributed by atoms with van der Waals surface area (Å²) in [6.45, 7) is 10.6. The molecule has 0 heterocycles. The van der Waals surface area contributed by atoms with Gasteiger partial charge in [-0.25, -0.2) is 13.1 Å². The molecule has 20 heavy (non-hydrogen) atoms. The van der Waals surface area contributed by atoms with Crippen LogP contribution in [-0.4, -0.2) is 15.0 Å². The maximum absolute atomic E-state index is 12.4. The number of halogens is 2. The van der Waals surface area contributed by atoms with E-state index in [0.717, 1.165) is 10.0 Å². The fourth-order valence-electron chi connectivity index (χ4n) is 1.40. The fourth-order valence-corrected chi connectivity index (χ4v) is 4.30. The van der Waals surface area contributed by atoms with Gasteiger partial charge in [0.2, 0.25) is 10.0 Å². The summed E-state index contributed by atoms with van der Waals surface area (Å²) in [6.07, 6.45) is 0. The van der Waals surface area contributed by atoms with Gasteiger partial charge in [0.05, 0.1) is 4.90 Å². The molecule has 0 radical (unpaired) electrons. The molecule has 3 nitrogen and oxygen atoms in total. The van der Waals surface area contributed by atoms with E-state index in [0.29, 0.717) is 16.9 Å². The maximum Gasteiger partial charge on any atom is 0.241 e. The van der Waals surface area contributed by atoms with E-state index in [2.05, 4.69) is 64.3 Å². The number of nitrogens with one attached hydrogen (secondary N) is 1. The smallest absolute Gasteiger partial charge is 0.211 e. The van der Waals surface area contributed by atoms with E-state index in [1.54, 1.807) is 12.1 Å². The molecule has 0 saturated carbocycles. The average Bonchev–Trinajstić information content (AvgIpc) is 2.31. The number of rotatable bonds is 5. The summed E-state index contributed by atoms with van der Waals surface area (Å²) in [7, 11) is -3.52. The predicted molar refractivity (Wildman–Crippen MR) is 90.4 cm³/mol. The molecule has 0 atom stereocenters. The molecule has 1 aromatic rings. The van der Waals surface area contributed by atoms with Crippen molar-refractivity contribution in [1.29, 1.82) is 0 Å². The monoisotopic (exact) mass is 425 g/mol. The van der Waals surface area contributed by atoms with Crippen LogP contribution in [0.3, 0.4) is 0 Å². The second-order valence-corrected chi connectivity index (χ2v) is 9.44. The highest BCUT2D eigenvalue weighted by Gasteiger charge is 2.26. The predicted octanol–water partition coefficient (Wildman–Crippen LogP) is 4.48. The standard InChI is InChI=1S/C14H21Br2NO2S/c1-9(2)14(4,5)8-17-20(18,19)13-7-11(15)10(3)6-12(13)16/h6-7,9,17H,8H2,1-5H3. The lowest BCUT2D eigenvalue weighted by molar-refractivity contribution is 0.252. The Morgan fingerprint density at radius 1 is 1.20 bits per heavy atom. The van der Waals surface area contributed by atoms with Crippen molar-refractivity contribution in [3.8, 4) is 0 Å². The Balaban J connectivity index is 3.04. The van der Waals surface area contributed by atoms with Crippen LogP contribution in [0.15, 0.2) is 26.0 Å². The molecular formula is C14H21Br2NO2S. The summed E-state index contributed by atoms with van der Waals surface area (Å²) in [6, 6.07) is 3.43. The minimum absolute atomic E-state index is 0.0958. The van der Waals surface area contributed by atoms with E-state index in [-0.39, 0.29) is 10.3 Å². The van der Waals surface area contributed by atoms with E-state index >= 15 is 0 Å². The van der Waals surface area contributed by atoms with Crippen molar-refractivity contribution in [1.82, 2.24) is 4.72 Å². The Hall–Kier alpha value is 0.0900. The molecule has 0 spiro atoms. The van der Waals surface area contributed by atoms with Gasteiger partial charge in [0.15, 0.2) is 0 Å². The van der Waals surface area contributed by atoms with E-state index in [9.17, 15) is 8.42 Å². The molecule has 114 valence electrons. The molecule has 0 bridgehead atoms. The molecule has 6 heteroatoms. The Kier molecular flexibility index (Phi) is 5.86. The second-order valence-electron chi connectivity index (χ2n) is 6.00. The van der Waals surface area contributed by atoms with Gasteiger partial charge in [-0.3, -0.25) is 0 Å². The molecule has 0 unspecified atom stereocenters. The number of hydrogen-bond acceptors (Lipinski definition) is 2. The summed E-state index contributed by atoms with van der Waals surface area (Å²) in [4.78, 5) is 0.259. The first-order valence-corrected chi connectivity index (χ1v) is 9.49. The van der Waals surface area contributed by atoms with Gasteiger partial charge in [0.1, 0.15) is 0 Å². The third-order valence-corrected chi connectivity index (χ3v) is 7.00. The van der Waals surface area contributed by atoms with Crippen molar-refractivity contribution in [2.45, 2.75) is 39.5 Å². The highest BCUT2D eigenvalue weighted by atomic mass is 79.9. The summed E-state index contributed by atoms with van der Waals surface area (Å²) in [5.74, 6) is 0.387. The molecule has 0 amide bonds. The minimum atomic E-state index is -3.52. The zero-order valence-electron chi connectivity index (χ0n) is 12.4. The molecular weight excluding hydrogens is 406 g/mol. The van der Waals surface area contributed by atoms with Crippen LogP contribution >= 0.6 is 31.9 Å².